The van der Waals surface area contributed by atoms with E-state index in [1.807, 2.05) is 7.05 Å². The van der Waals surface area contributed by atoms with Gasteiger partial charge >= 0.3 is 0 Å². The standard InChI is InChI=1S/C19H19F2N5O/c1-25-11-23-17-7-12(9-22-18(17)25)19(27)26-6-2-3-14(10-26)24-13-4-5-15(20)16(21)8-13/h4-5,7-9,11,14,24H,2-3,6,10H2,1H3/t14-/m0/s1. The minimum absolute atomic E-state index is 0.0286. The van der Waals surface area contributed by atoms with E-state index in [-0.39, 0.29) is 11.9 Å². The van der Waals surface area contributed by atoms with Gasteiger partial charge in [0.2, 0.25) is 0 Å². The van der Waals surface area contributed by atoms with Crippen LogP contribution >= 0.6 is 0 Å². The molecule has 1 saturated heterocycles. The van der Waals surface area contributed by atoms with Crippen LogP contribution in [0.25, 0.3) is 11.2 Å². The molecule has 1 aliphatic heterocycles. The topological polar surface area (TPSA) is 63.1 Å². The van der Waals surface area contributed by atoms with Gasteiger partial charge in [-0.05, 0) is 31.0 Å². The second kappa shape index (κ2) is 6.94. The van der Waals surface area contributed by atoms with Crippen LogP contribution in [-0.4, -0.2) is 44.5 Å². The SMILES string of the molecule is Cn1cnc2cc(C(=O)N3CCC[C@H](Nc4ccc(F)c(F)c4)C3)cnc21. The largest absolute Gasteiger partial charge is 0.380 e. The Balaban J connectivity index is 1.47. The van der Waals surface area contributed by atoms with E-state index in [0.29, 0.717) is 29.9 Å². The number of rotatable bonds is 3. The number of halogens is 2. The zero-order chi connectivity index (χ0) is 19.0. The molecule has 0 spiro atoms. The summed E-state index contributed by atoms with van der Waals surface area (Å²) in [6.45, 7) is 1.13. The molecule has 140 valence electrons. The first kappa shape index (κ1) is 17.4. The molecule has 1 amide bonds. The molecule has 4 rings (SSSR count). The third-order valence-corrected chi connectivity index (χ3v) is 4.80. The molecule has 8 heteroatoms. The fraction of sp³-hybridized carbons (Fsp3) is 0.316. The van der Waals surface area contributed by atoms with Gasteiger partial charge in [-0.1, -0.05) is 0 Å². The Morgan fingerprint density at radius 2 is 2.07 bits per heavy atom. The third kappa shape index (κ3) is 3.47. The predicted octanol–water partition coefficient (Wildman–Crippen LogP) is 2.96. The first-order valence-corrected chi connectivity index (χ1v) is 8.79. The fourth-order valence-corrected chi connectivity index (χ4v) is 3.42. The lowest BCUT2D eigenvalue weighted by Gasteiger charge is -2.33. The van der Waals surface area contributed by atoms with Crippen LogP contribution in [0.2, 0.25) is 0 Å². The summed E-state index contributed by atoms with van der Waals surface area (Å²) in [6, 6.07) is 5.44. The molecule has 27 heavy (non-hydrogen) atoms. The summed E-state index contributed by atoms with van der Waals surface area (Å²) >= 11 is 0. The summed E-state index contributed by atoms with van der Waals surface area (Å²) in [5.41, 5.74) is 2.40. The molecular weight excluding hydrogens is 352 g/mol. The monoisotopic (exact) mass is 371 g/mol. The summed E-state index contributed by atoms with van der Waals surface area (Å²) in [5, 5.41) is 3.19. The number of carbonyl (C=O) groups excluding carboxylic acids is 1. The number of nitrogens with zero attached hydrogens (tertiary/aromatic N) is 4. The number of anilines is 1. The Hall–Kier alpha value is -3.03. The van der Waals surface area contributed by atoms with E-state index in [4.69, 9.17) is 0 Å². The number of carbonyl (C=O) groups is 1. The minimum atomic E-state index is -0.890. The van der Waals surface area contributed by atoms with Crippen LogP contribution in [0.1, 0.15) is 23.2 Å². The van der Waals surface area contributed by atoms with Gasteiger partial charge in [-0.3, -0.25) is 4.79 Å². The quantitative estimate of drug-likeness (QED) is 0.769. The second-order valence-electron chi connectivity index (χ2n) is 6.79. The molecule has 1 fully saturated rings. The van der Waals surface area contributed by atoms with Gasteiger partial charge in [0, 0.05) is 44.1 Å². The molecule has 1 N–H and O–H groups in total. The van der Waals surface area contributed by atoms with E-state index in [1.54, 1.807) is 28.1 Å². The number of amides is 1. The van der Waals surface area contributed by atoms with Gasteiger partial charge in [0.05, 0.1) is 11.9 Å². The summed E-state index contributed by atoms with van der Waals surface area (Å²) in [4.78, 5) is 23.2. The van der Waals surface area contributed by atoms with Crippen molar-refractivity contribution < 1.29 is 13.6 Å². The van der Waals surface area contributed by atoms with Crippen molar-refractivity contribution in [2.24, 2.45) is 7.05 Å². The molecular formula is C19H19F2N5O. The van der Waals surface area contributed by atoms with Crippen molar-refractivity contribution in [2.45, 2.75) is 18.9 Å². The molecule has 1 atom stereocenters. The van der Waals surface area contributed by atoms with E-state index < -0.39 is 11.6 Å². The summed E-state index contributed by atoms with van der Waals surface area (Å²) in [5.74, 6) is -1.87. The van der Waals surface area contributed by atoms with Crippen molar-refractivity contribution in [3.05, 3.63) is 54.0 Å². The van der Waals surface area contributed by atoms with Crippen molar-refractivity contribution in [2.75, 3.05) is 18.4 Å². The number of likely N-dealkylation sites (tertiary alicyclic amines) is 1. The van der Waals surface area contributed by atoms with Crippen LogP contribution in [0.4, 0.5) is 14.5 Å². The van der Waals surface area contributed by atoms with Crippen LogP contribution in [0.5, 0.6) is 0 Å². The highest BCUT2D eigenvalue weighted by molar-refractivity contribution is 5.96. The molecule has 0 saturated carbocycles. The van der Waals surface area contributed by atoms with Crippen molar-refractivity contribution in [3.8, 4) is 0 Å². The summed E-state index contributed by atoms with van der Waals surface area (Å²) < 4.78 is 28.3. The lowest BCUT2D eigenvalue weighted by Crippen LogP contribution is -2.45. The van der Waals surface area contributed by atoms with Crippen LogP contribution in [-0.2, 0) is 7.05 Å². The number of pyridine rings is 1. The number of hydrogen-bond donors (Lipinski definition) is 1. The number of piperidine rings is 1. The Bertz CT molecular complexity index is 1000. The van der Waals surface area contributed by atoms with Crippen molar-refractivity contribution in [3.63, 3.8) is 0 Å². The lowest BCUT2D eigenvalue weighted by atomic mass is 10.0. The molecule has 0 aliphatic carbocycles. The molecule has 0 radical (unpaired) electrons. The number of fused-ring (bicyclic) bond motifs is 1. The maximum absolute atomic E-state index is 13.4. The summed E-state index contributed by atoms with van der Waals surface area (Å²) in [6.07, 6.45) is 4.90. The third-order valence-electron chi connectivity index (χ3n) is 4.80. The average Bonchev–Trinajstić information content (AvgIpc) is 3.05. The van der Waals surface area contributed by atoms with Crippen LogP contribution < -0.4 is 5.32 Å². The Labute approximate surface area is 154 Å². The molecule has 0 bridgehead atoms. The predicted molar refractivity (Wildman–Crippen MR) is 97.4 cm³/mol. The average molecular weight is 371 g/mol. The fourth-order valence-electron chi connectivity index (χ4n) is 3.42. The molecule has 1 aromatic carbocycles. The van der Waals surface area contributed by atoms with E-state index in [9.17, 15) is 13.6 Å². The van der Waals surface area contributed by atoms with E-state index in [2.05, 4.69) is 15.3 Å². The maximum atomic E-state index is 13.4. The second-order valence-corrected chi connectivity index (χ2v) is 6.79. The first-order valence-electron chi connectivity index (χ1n) is 8.79. The maximum Gasteiger partial charge on any atom is 0.255 e. The Morgan fingerprint density at radius 3 is 2.89 bits per heavy atom. The zero-order valence-corrected chi connectivity index (χ0v) is 14.8. The number of benzene rings is 1. The molecule has 0 unspecified atom stereocenters. The minimum Gasteiger partial charge on any atom is -0.380 e. The molecule has 2 aromatic heterocycles. The number of aromatic nitrogens is 3. The van der Waals surface area contributed by atoms with Gasteiger partial charge in [0.1, 0.15) is 5.52 Å². The normalized spacial score (nSPS) is 17.3. The number of aryl methyl sites for hydroxylation is 1. The Kier molecular flexibility index (Phi) is 4.47. The van der Waals surface area contributed by atoms with Crippen molar-refractivity contribution in [1.82, 2.24) is 19.4 Å². The van der Waals surface area contributed by atoms with Crippen LogP contribution in [0, 0.1) is 11.6 Å². The van der Waals surface area contributed by atoms with Crippen molar-refractivity contribution >= 4 is 22.8 Å². The smallest absolute Gasteiger partial charge is 0.255 e. The highest BCUT2D eigenvalue weighted by atomic mass is 19.2. The lowest BCUT2D eigenvalue weighted by molar-refractivity contribution is 0.0714. The van der Waals surface area contributed by atoms with Gasteiger partial charge in [-0.25, -0.2) is 18.7 Å². The van der Waals surface area contributed by atoms with E-state index in [1.165, 1.54) is 6.07 Å². The number of nitrogens with one attached hydrogen (secondary N) is 1. The van der Waals surface area contributed by atoms with E-state index in [0.717, 1.165) is 30.6 Å². The Morgan fingerprint density at radius 1 is 1.22 bits per heavy atom. The van der Waals surface area contributed by atoms with Gasteiger partial charge in [-0.15, -0.1) is 0 Å². The van der Waals surface area contributed by atoms with Crippen LogP contribution in [0.15, 0.2) is 36.8 Å². The number of imidazole rings is 1. The molecule has 3 aromatic rings. The van der Waals surface area contributed by atoms with E-state index >= 15 is 0 Å². The van der Waals surface area contributed by atoms with Gasteiger partial charge in [-0.2, -0.15) is 0 Å². The molecule has 3 heterocycles. The molecule has 6 nitrogen and oxygen atoms in total. The molecule has 1 aliphatic rings. The summed E-state index contributed by atoms with van der Waals surface area (Å²) in [7, 11) is 1.85. The highest BCUT2D eigenvalue weighted by Gasteiger charge is 2.25. The first-order chi connectivity index (χ1) is 13.0. The van der Waals surface area contributed by atoms with Gasteiger partial charge < -0.3 is 14.8 Å². The van der Waals surface area contributed by atoms with Crippen molar-refractivity contribution in [1.29, 1.82) is 0 Å². The highest BCUT2D eigenvalue weighted by Crippen LogP contribution is 2.20. The number of hydrogen-bond acceptors (Lipinski definition) is 4. The van der Waals surface area contributed by atoms with Gasteiger partial charge in [0.15, 0.2) is 17.3 Å². The van der Waals surface area contributed by atoms with Crippen LogP contribution in [0.3, 0.4) is 0 Å². The van der Waals surface area contributed by atoms with Gasteiger partial charge in [0.25, 0.3) is 5.91 Å². The zero-order valence-electron chi connectivity index (χ0n) is 14.8.